The zero-order chi connectivity index (χ0) is 46.5. The van der Waals surface area contributed by atoms with Crippen LogP contribution < -0.4 is 9.97 Å². The topological polar surface area (TPSA) is 198 Å². The molecule has 7 aromatic rings. The number of aromatic nitrogens is 5. The van der Waals surface area contributed by atoms with Crippen molar-refractivity contribution in [2.45, 2.75) is 91.9 Å². The van der Waals surface area contributed by atoms with Crippen molar-refractivity contribution in [2.75, 3.05) is 26.4 Å². The monoisotopic (exact) mass is 1150 g/mol. The van der Waals surface area contributed by atoms with Crippen LogP contribution in [0, 0.1) is 58.8 Å². The van der Waals surface area contributed by atoms with E-state index in [0.717, 1.165) is 117 Å². The minimum atomic E-state index is -0.423. The molecule has 8 bridgehead atoms. The SMILES string of the molecule is C1CCOC1.C1CCOC1.Cc1cc2c(cc1C)N=Cc1ccc([nH]1)C(C)(C)c1ccc([nH]1)C=Nc1cc(C)c(C)cc1N=Cc1ccc([n-]1)C(C)(C)c1ccc([n-]1)C=N2.[O-2].[O-2].[U].c1ccncc1. The Balaban J connectivity index is 0.000000461. The number of nitrogens with one attached hydrogen (secondary N) is 2. The first kappa shape index (κ1) is 55.9. The second-order valence-electron chi connectivity index (χ2n) is 18.0. The number of ether oxygens (including phenoxy) is 2. The minimum Gasteiger partial charge on any atom is -2.00 e. The van der Waals surface area contributed by atoms with Gasteiger partial charge in [-0.1, -0.05) is 44.2 Å². The molecular weight excluding hydrogens is 1090 g/mol. The Hall–Kier alpha value is -5.72. The summed E-state index contributed by atoms with van der Waals surface area (Å²) in [5, 5.41) is 0. The molecule has 0 unspecified atom stereocenters. The number of rotatable bonds is 0. The maximum Gasteiger partial charge on any atom is 0.0889 e. The number of hydrogen-bond acceptors (Lipinski definition) is 7. The van der Waals surface area contributed by atoms with Crippen LogP contribution in [0.25, 0.3) is 0 Å². The fraction of sp³-hybridized carbons (Fsp3) is 0.327. The zero-order valence-electron chi connectivity index (χ0n) is 41.0. The van der Waals surface area contributed by atoms with E-state index in [0.29, 0.717) is 0 Å². The molecule has 3 aliphatic rings. The quantitative estimate of drug-likeness (QED) is 0.152. The molecule has 2 N–H and O–H groups in total. The number of benzene rings is 2. The van der Waals surface area contributed by atoms with Crippen molar-refractivity contribution in [1.29, 1.82) is 0 Å². The third kappa shape index (κ3) is 15.1. The maximum atomic E-state index is 4.95. The van der Waals surface area contributed by atoms with E-state index in [9.17, 15) is 0 Å². The maximum absolute atomic E-state index is 4.95. The van der Waals surface area contributed by atoms with E-state index in [1.807, 2.05) is 67.3 Å². The number of aliphatic imine (C=N–C) groups is 4. The van der Waals surface area contributed by atoms with Gasteiger partial charge in [-0.25, -0.2) is 0 Å². The van der Waals surface area contributed by atoms with E-state index >= 15 is 0 Å². The summed E-state index contributed by atoms with van der Waals surface area (Å²) in [6.45, 7) is 21.0. The molecule has 14 heteroatoms. The molecule has 0 amide bonds. The van der Waals surface area contributed by atoms with Crippen molar-refractivity contribution in [3.63, 3.8) is 0 Å². The molecule has 0 aliphatic carbocycles. The first-order chi connectivity index (χ1) is 31.9. The van der Waals surface area contributed by atoms with Crippen LogP contribution in [0.15, 0.2) is 123 Å². The Bertz CT molecular complexity index is 2410. The van der Waals surface area contributed by atoms with Crippen LogP contribution in [-0.4, -0.2) is 66.2 Å². The average molecular weight is 1150 g/mol. The molecule has 5 aromatic heterocycles. The summed E-state index contributed by atoms with van der Waals surface area (Å²) in [5.74, 6) is 0. The number of aromatic amines is 2. The molecule has 69 heavy (non-hydrogen) atoms. The first-order valence-corrected chi connectivity index (χ1v) is 22.9. The molecule has 3 aliphatic heterocycles. The minimum absolute atomic E-state index is 0. The molecule has 13 nitrogen and oxygen atoms in total. The van der Waals surface area contributed by atoms with Gasteiger partial charge in [0.15, 0.2) is 0 Å². The average Bonchev–Trinajstić information content (AvgIpc) is 4.18. The first-order valence-electron chi connectivity index (χ1n) is 22.9. The van der Waals surface area contributed by atoms with E-state index < -0.39 is 5.41 Å². The van der Waals surface area contributed by atoms with Gasteiger partial charge in [0.05, 0.1) is 46.6 Å². The summed E-state index contributed by atoms with van der Waals surface area (Å²) in [6, 6.07) is 30.5. The predicted molar refractivity (Wildman–Crippen MR) is 272 cm³/mol. The Morgan fingerprint density at radius 2 is 0.826 bits per heavy atom. The Labute approximate surface area is 431 Å². The number of hydrogen-bond donors (Lipinski definition) is 2. The van der Waals surface area contributed by atoms with Gasteiger partial charge >= 0.3 is 0 Å². The van der Waals surface area contributed by atoms with Gasteiger partial charge in [0.25, 0.3) is 0 Å². The van der Waals surface area contributed by atoms with Crippen LogP contribution in [0.5, 0.6) is 0 Å². The van der Waals surface area contributed by atoms with E-state index in [4.69, 9.17) is 39.4 Å². The summed E-state index contributed by atoms with van der Waals surface area (Å²) in [4.78, 5) is 40.4. The fourth-order valence-corrected chi connectivity index (χ4v) is 7.44. The van der Waals surface area contributed by atoms with Gasteiger partial charge in [0.2, 0.25) is 0 Å². The number of aryl methyl sites for hydroxylation is 4. The summed E-state index contributed by atoms with van der Waals surface area (Å²) in [5.41, 5.74) is 14.4. The molecule has 0 saturated carbocycles. The molecule has 2 fully saturated rings. The Morgan fingerprint density at radius 3 is 1.13 bits per heavy atom. The van der Waals surface area contributed by atoms with Crippen LogP contribution in [0.4, 0.5) is 22.7 Å². The van der Waals surface area contributed by atoms with Crippen LogP contribution in [-0.2, 0) is 31.3 Å². The number of fused-ring (bicyclic) bond motifs is 10. The molecule has 8 heterocycles. The van der Waals surface area contributed by atoms with Crippen LogP contribution >= 0.6 is 0 Å². The summed E-state index contributed by atoms with van der Waals surface area (Å²) in [6.07, 6.45) is 16.0. The molecule has 0 atom stereocenters. The third-order valence-electron chi connectivity index (χ3n) is 12.1. The normalized spacial score (nSPS) is 15.2. The molecular formula is C55H63N9O4U-6. The molecule has 10 rings (SSSR count). The van der Waals surface area contributed by atoms with Crippen molar-refractivity contribution >= 4 is 47.6 Å². The zero-order valence-corrected chi connectivity index (χ0v) is 45.2. The van der Waals surface area contributed by atoms with Crippen molar-refractivity contribution in [3.8, 4) is 0 Å². The molecule has 2 saturated heterocycles. The summed E-state index contributed by atoms with van der Waals surface area (Å²) in [7, 11) is 0. The standard InChI is InChI=1S/C42H42N8.C5H5N.2C4H8O.2O.U/c1-25-17-33-34(18-26(25)2)44-22-30-10-14-38(48-30)42(7,8)40-16-12-32(50-40)24-46-36-20-28(4)27(3)19-35(36)45-23-31-11-15-39(49-31)41(5,6)37-13-9-29(47-37)21-43-33;1-2-4-6-5-3-1;2*1-2-4-5-3-1;;;/h9-24,47,49H,1-8H3;1-5H;2*1-4H2;;;/q-2;;;;2*-2;. The predicted octanol–water partition coefficient (Wildman–Crippen LogP) is 11.9. The molecule has 2 aromatic carbocycles. The van der Waals surface area contributed by atoms with Crippen molar-refractivity contribution in [2.24, 2.45) is 20.0 Å². The van der Waals surface area contributed by atoms with Gasteiger partial charge < -0.3 is 40.4 Å². The second-order valence-corrected chi connectivity index (χ2v) is 18.0. The largest absolute Gasteiger partial charge is 2.00 e. The van der Waals surface area contributed by atoms with Gasteiger partial charge in [-0.3, -0.25) is 25.0 Å². The van der Waals surface area contributed by atoms with Gasteiger partial charge in [-0.15, -0.1) is 11.4 Å². The Morgan fingerprint density at radius 1 is 0.464 bits per heavy atom. The van der Waals surface area contributed by atoms with Crippen LogP contribution in [0.1, 0.15) is 121 Å². The smallest absolute Gasteiger partial charge is 0.0889 e. The van der Waals surface area contributed by atoms with Crippen LogP contribution in [0.2, 0.25) is 0 Å². The number of H-pyrrole nitrogens is 2. The van der Waals surface area contributed by atoms with Crippen molar-refractivity contribution in [1.82, 2.24) is 24.9 Å². The van der Waals surface area contributed by atoms with E-state index in [-0.39, 0.29) is 47.5 Å². The van der Waals surface area contributed by atoms with E-state index in [1.165, 1.54) is 25.7 Å². The third-order valence-corrected chi connectivity index (χ3v) is 12.1. The summed E-state index contributed by atoms with van der Waals surface area (Å²) >= 11 is 0. The molecule has 362 valence electrons. The van der Waals surface area contributed by atoms with Crippen LogP contribution in [0.3, 0.4) is 0 Å². The van der Waals surface area contributed by atoms with Gasteiger partial charge in [-0.05, 0) is 156 Å². The molecule has 0 radical (unpaired) electrons. The second kappa shape index (κ2) is 26.3. The van der Waals surface area contributed by atoms with E-state index in [2.05, 4.69) is 119 Å². The number of nitrogens with zero attached hydrogens (tertiary/aromatic N) is 7. The Kier molecular flexibility index (Phi) is 21.3. The van der Waals surface area contributed by atoms with Gasteiger partial charge in [0, 0.05) is 99.2 Å². The van der Waals surface area contributed by atoms with E-state index in [1.54, 1.807) is 12.4 Å². The number of pyridine rings is 1. The van der Waals surface area contributed by atoms with Crippen molar-refractivity contribution < 1.29 is 51.5 Å². The van der Waals surface area contributed by atoms with Crippen molar-refractivity contribution in [3.05, 3.63) is 171 Å². The van der Waals surface area contributed by atoms with Gasteiger partial charge in [-0.2, -0.15) is 11.4 Å². The summed E-state index contributed by atoms with van der Waals surface area (Å²) < 4.78 is 9.89. The fourth-order valence-electron chi connectivity index (χ4n) is 7.44. The van der Waals surface area contributed by atoms with Gasteiger partial charge in [0.1, 0.15) is 0 Å². The molecule has 0 spiro atoms.